The summed E-state index contributed by atoms with van der Waals surface area (Å²) < 4.78 is 2.07. The van der Waals surface area contributed by atoms with Gasteiger partial charge in [0.25, 0.3) is 0 Å². The molecule has 3 aromatic heterocycles. The second-order valence-corrected chi connectivity index (χ2v) is 6.67. The number of fused-ring (bicyclic) bond motifs is 1. The highest BCUT2D eigenvalue weighted by molar-refractivity contribution is 5.81. The van der Waals surface area contributed by atoms with Gasteiger partial charge in [-0.15, -0.1) is 0 Å². The molecule has 0 aliphatic heterocycles. The molecule has 130 valence electrons. The fourth-order valence-corrected chi connectivity index (χ4v) is 3.58. The van der Waals surface area contributed by atoms with Crippen molar-refractivity contribution in [3.63, 3.8) is 0 Å². The fraction of sp³-hybridized carbons (Fsp3) is 0.182. The van der Waals surface area contributed by atoms with Crippen LogP contribution in [0.4, 0.5) is 0 Å². The predicted octanol–water partition coefficient (Wildman–Crippen LogP) is 3.64. The molecule has 0 spiro atoms. The van der Waals surface area contributed by atoms with Crippen LogP contribution in [0.3, 0.4) is 0 Å². The average molecular weight is 343 g/mol. The van der Waals surface area contributed by atoms with E-state index in [-0.39, 0.29) is 0 Å². The molecule has 0 saturated carbocycles. The van der Waals surface area contributed by atoms with Crippen LogP contribution in [0.25, 0.3) is 10.9 Å². The maximum atomic E-state index is 11.8. The Morgan fingerprint density at radius 1 is 0.846 bits per heavy atom. The van der Waals surface area contributed by atoms with Crippen LogP contribution in [-0.4, -0.2) is 19.6 Å². The zero-order valence-corrected chi connectivity index (χ0v) is 14.7. The number of rotatable bonds is 5. The summed E-state index contributed by atoms with van der Waals surface area (Å²) in [5.74, 6) is 0. The monoisotopic (exact) mass is 343 g/mol. The first-order valence-electron chi connectivity index (χ1n) is 8.73. The topological polar surface area (TPSA) is 50.9 Å². The first-order valence-corrected chi connectivity index (χ1v) is 8.73. The van der Waals surface area contributed by atoms with Gasteiger partial charge in [0.2, 0.25) is 0 Å². The highest BCUT2D eigenvalue weighted by Gasteiger charge is 2.34. The van der Waals surface area contributed by atoms with Crippen LogP contribution >= 0.6 is 0 Å². The van der Waals surface area contributed by atoms with Crippen molar-refractivity contribution in [2.45, 2.75) is 18.4 Å². The number of aryl methyl sites for hydroxylation is 1. The summed E-state index contributed by atoms with van der Waals surface area (Å²) in [4.78, 5) is 8.85. The van der Waals surface area contributed by atoms with Gasteiger partial charge in [-0.1, -0.05) is 30.3 Å². The van der Waals surface area contributed by atoms with Gasteiger partial charge in [-0.05, 0) is 41.8 Å². The van der Waals surface area contributed by atoms with E-state index in [0.29, 0.717) is 12.8 Å². The van der Waals surface area contributed by atoms with Gasteiger partial charge in [0.05, 0.1) is 5.69 Å². The molecule has 0 unspecified atom stereocenters. The number of hydrogen-bond acceptors (Lipinski definition) is 3. The van der Waals surface area contributed by atoms with Crippen molar-refractivity contribution in [3.8, 4) is 0 Å². The Bertz CT molecular complexity index is 968. The third-order valence-electron chi connectivity index (χ3n) is 4.83. The van der Waals surface area contributed by atoms with Gasteiger partial charge in [0.1, 0.15) is 5.60 Å². The molecule has 0 bridgehead atoms. The Morgan fingerprint density at radius 3 is 1.96 bits per heavy atom. The quantitative estimate of drug-likeness (QED) is 0.602. The SMILES string of the molecule is Cn1c(C(O)(Cc2ccccn2)Cc2ccccn2)cc2ccccc21. The molecule has 3 heterocycles. The maximum Gasteiger partial charge on any atom is 0.116 e. The lowest BCUT2D eigenvalue weighted by Gasteiger charge is -2.29. The molecule has 4 rings (SSSR count). The summed E-state index contributed by atoms with van der Waals surface area (Å²) in [6.45, 7) is 0. The number of pyridine rings is 2. The number of aliphatic hydroxyl groups is 1. The zero-order chi connectivity index (χ0) is 18.0. The van der Waals surface area contributed by atoms with Crippen molar-refractivity contribution in [2.24, 2.45) is 7.05 Å². The second kappa shape index (κ2) is 6.73. The Labute approximate surface area is 152 Å². The summed E-state index contributed by atoms with van der Waals surface area (Å²) in [6.07, 6.45) is 4.37. The highest BCUT2D eigenvalue weighted by Crippen LogP contribution is 2.32. The van der Waals surface area contributed by atoms with Gasteiger partial charge in [-0.25, -0.2) is 0 Å². The van der Waals surface area contributed by atoms with Gasteiger partial charge in [0, 0.05) is 49.2 Å². The molecule has 0 aliphatic rings. The molecule has 0 aliphatic carbocycles. The minimum Gasteiger partial charge on any atom is -0.383 e. The third-order valence-corrected chi connectivity index (χ3v) is 4.83. The molecular formula is C22H21N3O. The van der Waals surface area contributed by atoms with E-state index in [1.165, 1.54) is 0 Å². The normalized spacial score (nSPS) is 11.8. The second-order valence-electron chi connectivity index (χ2n) is 6.67. The van der Waals surface area contributed by atoms with Gasteiger partial charge in [-0.2, -0.15) is 0 Å². The Balaban J connectivity index is 1.82. The molecule has 26 heavy (non-hydrogen) atoms. The van der Waals surface area contributed by atoms with E-state index in [9.17, 15) is 5.11 Å². The molecular weight excluding hydrogens is 322 g/mol. The number of nitrogens with zero attached hydrogens (tertiary/aromatic N) is 3. The van der Waals surface area contributed by atoms with Gasteiger partial charge in [-0.3, -0.25) is 9.97 Å². The smallest absolute Gasteiger partial charge is 0.116 e. The van der Waals surface area contributed by atoms with E-state index < -0.39 is 5.60 Å². The molecule has 0 fully saturated rings. The minimum atomic E-state index is -1.10. The van der Waals surface area contributed by atoms with E-state index in [1.54, 1.807) is 12.4 Å². The van der Waals surface area contributed by atoms with E-state index in [4.69, 9.17) is 0 Å². The summed E-state index contributed by atoms with van der Waals surface area (Å²) in [5.41, 5.74) is 2.58. The lowest BCUT2D eigenvalue weighted by molar-refractivity contribution is 0.0284. The van der Waals surface area contributed by atoms with Crippen LogP contribution in [0.5, 0.6) is 0 Å². The lowest BCUT2D eigenvalue weighted by atomic mass is 9.88. The summed E-state index contributed by atoms with van der Waals surface area (Å²) in [6, 6.07) is 21.8. The molecule has 0 amide bonds. The highest BCUT2D eigenvalue weighted by atomic mass is 16.3. The van der Waals surface area contributed by atoms with Crippen molar-refractivity contribution in [1.29, 1.82) is 0 Å². The molecule has 0 saturated heterocycles. The Hall–Kier alpha value is -2.98. The van der Waals surface area contributed by atoms with Crippen molar-refractivity contribution in [2.75, 3.05) is 0 Å². The van der Waals surface area contributed by atoms with Crippen molar-refractivity contribution in [1.82, 2.24) is 14.5 Å². The molecule has 4 heteroatoms. The van der Waals surface area contributed by atoms with Gasteiger partial charge < -0.3 is 9.67 Å². The summed E-state index contributed by atoms with van der Waals surface area (Å²) in [7, 11) is 2.00. The average Bonchev–Trinajstić information content (AvgIpc) is 3.01. The number of hydrogen-bond donors (Lipinski definition) is 1. The molecule has 1 aromatic carbocycles. The Kier molecular flexibility index (Phi) is 4.27. The summed E-state index contributed by atoms with van der Waals surface area (Å²) >= 11 is 0. The fourth-order valence-electron chi connectivity index (χ4n) is 3.58. The summed E-state index contributed by atoms with van der Waals surface area (Å²) in [5, 5.41) is 12.9. The van der Waals surface area contributed by atoms with Gasteiger partial charge in [0.15, 0.2) is 0 Å². The maximum absolute atomic E-state index is 11.8. The predicted molar refractivity (Wildman–Crippen MR) is 103 cm³/mol. The van der Waals surface area contributed by atoms with Crippen LogP contribution in [0.15, 0.2) is 79.1 Å². The van der Waals surface area contributed by atoms with E-state index in [1.807, 2.05) is 55.6 Å². The first-order chi connectivity index (χ1) is 12.7. The molecule has 0 radical (unpaired) electrons. The third kappa shape index (κ3) is 3.11. The lowest BCUT2D eigenvalue weighted by Crippen LogP contribution is -2.34. The molecule has 4 nitrogen and oxygen atoms in total. The molecule has 4 aromatic rings. The van der Waals surface area contributed by atoms with Crippen LogP contribution in [0, 0.1) is 0 Å². The van der Waals surface area contributed by atoms with Crippen LogP contribution in [0.1, 0.15) is 17.1 Å². The van der Waals surface area contributed by atoms with Crippen LogP contribution in [0.2, 0.25) is 0 Å². The Morgan fingerprint density at radius 2 is 1.42 bits per heavy atom. The van der Waals surface area contributed by atoms with Gasteiger partial charge >= 0.3 is 0 Å². The number of para-hydroxylation sites is 1. The van der Waals surface area contributed by atoms with Crippen molar-refractivity contribution >= 4 is 10.9 Å². The van der Waals surface area contributed by atoms with Crippen molar-refractivity contribution in [3.05, 3.63) is 96.2 Å². The number of aromatic nitrogens is 3. The van der Waals surface area contributed by atoms with Crippen LogP contribution < -0.4 is 0 Å². The molecule has 0 atom stereocenters. The largest absolute Gasteiger partial charge is 0.383 e. The number of benzene rings is 1. The van der Waals surface area contributed by atoms with E-state index in [2.05, 4.69) is 32.7 Å². The zero-order valence-electron chi connectivity index (χ0n) is 14.7. The van der Waals surface area contributed by atoms with E-state index in [0.717, 1.165) is 28.0 Å². The minimum absolute atomic E-state index is 0.425. The standard InChI is InChI=1S/C22H21N3O/c1-25-20-11-3-2-8-17(20)14-21(25)22(26,15-18-9-4-6-12-23-18)16-19-10-5-7-13-24-19/h2-14,26H,15-16H2,1H3. The first kappa shape index (κ1) is 16.5. The van der Waals surface area contributed by atoms with E-state index >= 15 is 0 Å². The molecule has 1 N–H and O–H groups in total. The van der Waals surface area contributed by atoms with Crippen LogP contribution in [-0.2, 0) is 25.5 Å². The van der Waals surface area contributed by atoms with Crippen molar-refractivity contribution < 1.29 is 5.11 Å².